The first-order valence-corrected chi connectivity index (χ1v) is 5.69. The molecule has 1 unspecified atom stereocenters. The highest BCUT2D eigenvalue weighted by Gasteiger charge is 2.30. The SMILES string of the molecule is COC1(/C=C/c2ccccc2)CC=C(C)C1. The Bertz CT molecular complexity index is 403. The fraction of sp³-hybridized carbons (Fsp3) is 0.333. The van der Waals surface area contributed by atoms with Gasteiger partial charge in [-0.3, -0.25) is 0 Å². The summed E-state index contributed by atoms with van der Waals surface area (Å²) < 4.78 is 5.65. The first-order valence-electron chi connectivity index (χ1n) is 5.69. The van der Waals surface area contributed by atoms with Gasteiger partial charge in [0.15, 0.2) is 0 Å². The maximum absolute atomic E-state index is 5.65. The zero-order valence-corrected chi connectivity index (χ0v) is 9.94. The van der Waals surface area contributed by atoms with E-state index in [0.29, 0.717) is 0 Å². The molecule has 1 nitrogen and oxygen atoms in total. The molecule has 0 fully saturated rings. The lowest BCUT2D eigenvalue weighted by atomic mass is 9.98. The van der Waals surface area contributed by atoms with Crippen molar-refractivity contribution in [3.8, 4) is 0 Å². The minimum Gasteiger partial charge on any atom is -0.373 e. The van der Waals surface area contributed by atoms with Crippen molar-refractivity contribution < 1.29 is 4.74 Å². The second kappa shape index (κ2) is 4.67. The Morgan fingerprint density at radius 3 is 2.56 bits per heavy atom. The van der Waals surface area contributed by atoms with Crippen LogP contribution in [-0.4, -0.2) is 12.7 Å². The Labute approximate surface area is 97.4 Å². The van der Waals surface area contributed by atoms with Gasteiger partial charge in [-0.2, -0.15) is 0 Å². The first kappa shape index (κ1) is 11.2. The van der Waals surface area contributed by atoms with Gasteiger partial charge in [-0.15, -0.1) is 0 Å². The van der Waals surface area contributed by atoms with Crippen LogP contribution >= 0.6 is 0 Å². The van der Waals surface area contributed by atoms with E-state index in [9.17, 15) is 0 Å². The van der Waals surface area contributed by atoms with Crippen LogP contribution in [0.25, 0.3) is 6.08 Å². The van der Waals surface area contributed by atoms with E-state index < -0.39 is 0 Å². The summed E-state index contributed by atoms with van der Waals surface area (Å²) in [4.78, 5) is 0. The van der Waals surface area contributed by atoms with Gasteiger partial charge in [0.25, 0.3) is 0 Å². The fourth-order valence-corrected chi connectivity index (χ4v) is 2.13. The Morgan fingerprint density at radius 1 is 1.25 bits per heavy atom. The quantitative estimate of drug-likeness (QED) is 0.695. The van der Waals surface area contributed by atoms with Crippen molar-refractivity contribution in [2.45, 2.75) is 25.4 Å². The molecule has 84 valence electrons. The molecule has 0 saturated heterocycles. The molecule has 0 amide bonds. The maximum atomic E-state index is 5.65. The van der Waals surface area contributed by atoms with Gasteiger partial charge in [0, 0.05) is 13.5 Å². The first-order chi connectivity index (χ1) is 7.74. The zero-order chi connectivity index (χ0) is 11.4. The van der Waals surface area contributed by atoms with Crippen LogP contribution in [0.4, 0.5) is 0 Å². The molecule has 1 aliphatic carbocycles. The molecule has 16 heavy (non-hydrogen) atoms. The van der Waals surface area contributed by atoms with Gasteiger partial charge < -0.3 is 4.74 Å². The molecule has 0 aromatic heterocycles. The third kappa shape index (κ3) is 2.42. The van der Waals surface area contributed by atoms with Crippen LogP contribution in [0.15, 0.2) is 48.1 Å². The molecule has 0 heterocycles. The average Bonchev–Trinajstić information content (AvgIpc) is 2.71. The van der Waals surface area contributed by atoms with E-state index in [1.165, 1.54) is 11.1 Å². The number of hydrogen-bond acceptors (Lipinski definition) is 1. The van der Waals surface area contributed by atoms with Crippen LogP contribution in [0.5, 0.6) is 0 Å². The Hall–Kier alpha value is -1.34. The second-order valence-electron chi connectivity index (χ2n) is 4.44. The standard InChI is InChI=1S/C15H18O/c1-13-8-10-15(12-13,16-2)11-9-14-6-4-3-5-7-14/h3-9,11H,10,12H2,1-2H3/b11-9+. The highest BCUT2D eigenvalue weighted by molar-refractivity contribution is 5.51. The lowest BCUT2D eigenvalue weighted by Crippen LogP contribution is -2.24. The Balaban J connectivity index is 2.11. The molecule has 0 spiro atoms. The predicted molar refractivity (Wildman–Crippen MR) is 68.2 cm³/mol. The van der Waals surface area contributed by atoms with Crippen molar-refractivity contribution in [3.05, 3.63) is 53.6 Å². The Morgan fingerprint density at radius 2 is 2.00 bits per heavy atom. The molecule has 1 aromatic rings. The summed E-state index contributed by atoms with van der Waals surface area (Å²) in [5.74, 6) is 0. The number of hydrogen-bond donors (Lipinski definition) is 0. The van der Waals surface area contributed by atoms with E-state index in [1.54, 1.807) is 7.11 Å². The molecule has 1 aliphatic rings. The average molecular weight is 214 g/mol. The summed E-state index contributed by atoms with van der Waals surface area (Å²) in [6.07, 6.45) is 8.59. The number of benzene rings is 1. The van der Waals surface area contributed by atoms with Crippen molar-refractivity contribution in [2.24, 2.45) is 0 Å². The summed E-state index contributed by atoms with van der Waals surface area (Å²) in [6, 6.07) is 10.4. The lowest BCUT2D eigenvalue weighted by molar-refractivity contribution is 0.0432. The van der Waals surface area contributed by atoms with Gasteiger partial charge in [-0.05, 0) is 18.9 Å². The summed E-state index contributed by atoms with van der Waals surface area (Å²) in [6.45, 7) is 2.16. The van der Waals surface area contributed by atoms with Crippen molar-refractivity contribution >= 4 is 6.08 Å². The highest BCUT2D eigenvalue weighted by atomic mass is 16.5. The van der Waals surface area contributed by atoms with Crippen LogP contribution < -0.4 is 0 Å². The van der Waals surface area contributed by atoms with Gasteiger partial charge in [-0.25, -0.2) is 0 Å². The molecule has 1 aromatic carbocycles. The maximum Gasteiger partial charge on any atom is 0.0933 e. The molecular weight excluding hydrogens is 196 g/mol. The van der Waals surface area contributed by atoms with Crippen molar-refractivity contribution in [3.63, 3.8) is 0 Å². The predicted octanol–water partition coefficient (Wildman–Crippen LogP) is 3.83. The number of rotatable bonds is 3. The van der Waals surface area contributed by atoms with Gasteiger partial charge in [0.1, 0.15) is 0 Å². The minimum atomic E-state index is -0.111. The zero-order valence-electron chi connectivity index (χ0n) is 9.94. The van der Waals surface area contributed by atoms with E-state index in [2.05, 4.69) is 49.4 Å². The summed E-state index contributed by atoms with van der Waals surface area (Å²) in [5, 5.41) is 0. The van der Waals surface area contributed by atoms with Gasteiger partial charge >= 0.3 is 0 Å². The Kier molecular flexibility index (Phi) is 3.25. The normalized spacial score (nSPS) is 25.0. The van der Waals surface area contributed by atoms with E-state index in [0.717, 1.165) is 12.8 Å². The molecule has 0 radical (unpaired) electrons. The number of methoxy groups -OCH3 is 1. The van der Waals surface area contributed by atoms with E-state index >= 15 is 0 Å². The molecule has 0 bridgehead atoms. The monoisotopic (exact) mass is 214 g/mol. The van der Waals surface area contributed by atoms with E-state index in [-0.39, 0.29) is 5.60 Å². The van der Waals surface area contributed by atoms with Crippen LogP contribution in [0, 0.1) is 0 Å². The molecule has 1 heteroatoms. The van der Waals surface area contributed by atoms with Gasteiger partial charge in [-0.1, -0.05) is 54.1 Å². The number of ether oxygens (including phenoxy) is 1. The van der Waals surface area contributed by atoms with E-state index in [4.69, 9.17) is 4.74 Å². The largest absolute Gasteiger partial charge is 0.373 e. The van der Waals surface area contributed by atoms with Crippen molar-refractivity contribution in [1.29, 1.82) is 0 Å². The van der Waals surface area contributed by atoms with Crippen LogP contribution in [0.1, 0.15) is 25.3 Å². The fourth-order valence-electron chi connectivity index (χ4n) is 2.13. The van der Waals surface area contributed by atoms with Crippen LogP contribution in [0.2, 0.25) is 0 Å². The summed E-state index contributed by atoms with van der Waals surface area (Å²) >= 11 is 0. The topological polar surface area (TPSA) is 9.23 Å². The highest BCUT2D eigenvalue weighted by Crippen LogP contribution is 2.33. The second-order valence-corrected chi connectivity index (χ2v) is 4.44. The molecule has 0 N–H and O–H groups in total. The smallest absolute Gasteiger partial charge is 0.0933 e. The van der Waals surface area contributed by atoms with Crippen LogP contribution in [0.3, 0.4) is 0 Å². The summed E-state index contributed by atoms with van der Waals surface area (Å²) in [7, 11) is 1.79. The molecule has 1 atom stereocenters. The minimum absolute atomic E-state index is 0.111. The molecule has 0 aliphatic heterocycles. The molecule has 0 saturated carbocycles. The third-order valence-corrected chi connectivity index (χ3v) is 3.16. The molecule has 2 rings (SSSR count). The van der Waals surface area contributed by atoms with Gasteiger partial charge in [0.2, 0.25) is 0 Å². The van der Waals surface area contributed by atoms with Crippen molar-refractivity contribution in [2.75, 3.05) is 7.11 Å². The van der Waals surface area contributed by atoms with E-state index in [1.807, 2.05) is 6.07 Å². The van der Waals surface area contributed by atoms with Crippen LogP contribution in [-0.2, 0) is 4.74 Å². The molecular formula is C15H18O. The summed E-state index contributed by atoms with van der Waals surface area (Å²) in [5.41, 5.74) is 2.53. The van der Waals surface area contributed by atoms with Crippen molar-refractivity contribution in [1.82, 2.24) is 0 Å². The lowest BCUT2D eigenvalue weighted by Gasteiger charge is -2.23. The third-order valence-electron chi connectivity index (χ3n) is 3.16. The van der Waals surface area contributed by atoms with Gasteiger partial charge in [0.05, 0.1) is 5.60 Å².